The van der Waals surface area contributed by atoms with E-state index in [0.29, 0.717) is 18.7 Å². The lowest BCUT2D eigenvalue weighted by molar-refractivity contribution is 0.0612. The molecule has 0 bridgehead atoms. The highest BCUT2D eigenvalue weighted by atomic mass is 16.5. The second-order valence-electron chi connectivity index (χ2n) is 6.85. The number of piperazine rings is 1. The molecule has 2 aliphatic heterocycles. The van der Waals surface area contributed by atoms with E-state index in [1.54, 1.807) is 26.5 Å². The molecule has 2 saturated heterocycles. The van der Waals surface area contributed by atoms with Crippen molar-refractivity contribution in [3.8, 4) is 0 Å². The van der Waals surface area contributed by atoms with Crippen LogP contribution >= 0.6 is 0 Å². The molecule has 3 rings (SSSR count). The summed E-state index contributed by atoms with van der Waals surface area (Å²) < 4.78 is 10.7. The summed E-state index contributed by atoms with van der Waals surface area (Å²) in [6.07, 6.45) is 2.62. The van der Waals surface area contributed by atoms with Gasteiger partial charge in [-0.2, -0.15) is 0 Å². The van der Waals surface area contributed by atoms with Crippen molar-refractivity contribution in [2.45, 2.75) is 18.6 Å². The van der Waals surface area contributed by atoms with Gasteiger partial charge in [-0.1, -0.05) is 0 Å². The average molecular weight is 348 g/mol. The lowest BCUT2D eigenvalue weighted by atomic mass is 10.2. The van der Waals surface area contributed by atoms with E-state index >= 15 is 0 Å². The molecule has 1 aromatic heterocycles. The monoisotopic (exact) mass is 348 g/mol. The van der Waals surface area contributed by atoms with Gasteiger partial charge in [0.25, 0.3) is 5.91 Å². The van der Waals surface area contributed by atoms with Crippen molar-refractivity contribution >= 4 is 11.7 Å². The third kappa shape index (κ3) is 4.11. The zero-order valence-corrected chi connectivity index (χ0v) is 15.4. The highest BCUT2D eigenvalue weighted by Crippen LogP contribution is 2.24. The molecule has 0 aliphatic carbocycles. The van der Waals surface area contributed by atoms with E-state index in [0.717, 1.165) is 38.4 Å². The maximum Gasteiger partial charge on any atom is 0.254 e. The Morgan fingerprint density at radius 3 is 2.72 bits per heavy atom. The summed E-state index contributed by atoms with van der Waals surface area (Å²) in [6.45, 7) is 5.03. The number of hydrogen-bond donors (Lipinski definition) is 0. The highest BCUT2D eigenvalue weighted by Gasteiger charge is 2.35. The van der Waals surface area contributed by atoms with Gasteiger partial charge in [0.05, 0.1) is 18.8 Å². The van der Waals surface area contributed by atoms with Gasteiger partial charge in [0, 0.05) is 58.7 Å². The molecule has 0 N–H and O–H groups in total. The summed E-state index contributed by atoms with van der Waals surface area (Å²) in [5.74, 6) is 0.907. The van der Waals surface area contributed by atoms with Crippen molar-refractivity contribution < 1.29 is 14.3 Å². The second kappa shape index (κ2) is 8.12. The number of carbonyl (C=O) groups is 1. The highest BCUT2D eigenvalue weighted by molar-refractivity contribution is 5.95. The number of methoxy groups -OCH3 is 2. The first-order valence-corrected chi connectivity index (χ1v) is 8.84. The van der Waals surface area contributed by atoms with Crippen LogP contribution in [0.2, 0.25) is 0 Å². The smallest absolute Gasteiger partial charge is 0.254 e. The van der Waals surface area contributed by atoms with E-state index in [4.69, 9.17) is 9.47 Å². The van der Waals surface area contributed by atoms with Crippen molar-refractivity contribution in [3.05, 3.63) is 23.9 Å². The number of likely N-dealkylation sites (tertiary alicyclic amines) is 1. The van der Waals surface area contributed by atoms with Crippen LogP contribution in [0.3, 0.4) is 0 Å². The van der Waals surface area contributed by atoms with Crippen LogP contribution in [-0.2, 0) is 9.47 Å². The normalized spacial score (nSPS) is 24.8. The van der Waals surface area contributed by atoms with Crippen LogP contribution in [0.5, 0.6) is 0 Å². The molecule has 0 radical (unpaired) electrons. The summed E-state index contributed by atoms with van der Waals surface area (Å²) in [5.41, 5.74) is 0.682. The minimum atomic E-state index is 0.0272. The first-order chi connectivity index (χ1) is 12.1. The molecule has 2 fully saturated rings. The van der Waals surface area contributed by atoms with Crippen molar-refractivity contribution in [2.75, 3.05) is 65.5 Å². The summed E-state index contributed by atoms with van der Waals surface area (Å²) in [5, 5.41) is 0. The molecule has 1 aromatic rings. The molecule has 7 nitrogen and oxygen atoms in total. The number of likely N-dealkylation sites (N-methyl/N-ethyl adjacent to an activating group) is 1. The molecule has 3 heterocycles. The Morgan fingerprint density at radius 2 is 2.04 bits per heavy atom. The largest absolute Gasteiger partial charge is 0.383 e. The van der Waals surface area contributed by atoms with Gasteiger partial charge in [-0.25, -0.2) is 4.98 Å². The fourth-order valence-corrected chi connectivity index (χ4v) is 3.57. The van der Waals surface area contributed by atoms with E-state index in [1.807, 2.05) is 11.0 Å². The third-order valence-corrected chi connectivity index (χ3v) is 5.15. The van der Waals surface area contributed by atoms with E-state index in [2.05, 4.69) is 21.8 Å². The summed E-state index contributed by atoms with van der Waals surface area (Å²) in [7, 11) is 5.49. The maximum atomic E-state index is 13.0. The van der Waals surface area contributed by atoms with Crippen LogP contribution in [0.15, 0.2) is 18.3 Å². The number of pyridine rings is 1. The van der Waals surface area contributed by atoms with Crippen molar-refractivity contribution in [1.82, 2.24) is 14.8 Å². The zero-order chi connectivity index (χ0) is 17.8. The Morgan fingerprint density at radius 1 is 1.28 bits per heavy atom. The molecule has 0 spiro atoms. The number of anilines is 1. The number of carbonyl (C=O) groups excluding carboxylic acids is 1. The van der Waals surface area contributed by atoms with Crippen LogP contribution in [-0.4, -0.2) is 93.4 Å². The zero-order valence-electron chi connectivity index (χ0n) is 15.4. The van der Waals surface area contributed by atoms with Gasteiger partial charge in [0.15, 0.2) is 0 Å². The molecule has 0 aromatic carbocycles. The van der Waals surface area contributed by atoms with Crippen molar-refractivity contribution in [1.29, 1.82) is 0 Å². The van der Waals surface area contributed by atoms with Gasteiger partial charge in [0.1, 0.15) is 5.82 Å². The van der Waals surface area contributed by atoms with Crippen molar-refractivity contribution in [2.24, 2.45) is 0 Å². The number of ether oxygens (including phenoxy) is 2. The summed E-state index contributed by atoms with van der Waals surface area (Å²) >= 11 is 0. The minimum Gasteiger partial charge on any atom is -0.383 e. The topological polar surface area (TPSA) is 58.1 Å². The van der Waals surface area contributed by atoms with Gasteiger partial charge >= 0.3 is 0 Å². The number of amides is 1. The molecular formula is C18H28N4O3. The molecule has 7 heteroatoms. The predicted octanol–water partition coefficient (Wildman–Crippen LogP) is 0.709. The Hall–Kier alpha value is -1.70. The molecule has 1 amide bonds. The summed E-state index contributed by atoms with van der Waals surface area (Å²) in [4.78, 5) is 23.9. The summed E-state index contributed by atoms with van der Waals surface area (Å²) in [6, 6.07) is 3.77. The Kier molecular flexibility index (Phi) is 5.88. The number of hydrogen-bond acceptors (Lipinski definition) is 6. The lowest BCUT2D eigenvalue weighted by Crippen LogP contribution is -2.45. The lowest BCUT2D eigenvalue weighted by Gasteiger charge is -2.33. The Bertz CT molecular complexity index is 589. The standard InChI is InChI=1S/C18H28N4O3/c1-20-6-8-21(9-7-20)17-10-14(4-5-19-17)18(23)22-12-16(25-3)11-15(22)13-24-2/h4-5,10,15-16H,6-9,11-13H2,1-3H3/t15-,16+/m0/s1. The number of rotatable bonds is 5. The first-order valence-electron chi connectivity index (χ1n) is 8.84. The van der Waals surface area contributed by atoms with Crippen LogP contribution in [0.25, 0.3) is 0 Å². The van der Waals surface area contributed by atoms with Gasteiger partial charge in [0.2, 0.25) is 0 Å². The van der Waals surface area contributed by atoms with Gasteiger partial charge < -0.3 is 24.2 Å². The second-order valence-corrected chi connectivity index (χ2v) is 6.85. The van der Waals surface area contributed by atoms with E-state index in [-0.39, 0.29) is 18.1 Å². The van der Waals surface area contributed by atoms with Crippen LogP contribution < -0.4 is 4.90 Å². The maximum absolute atomic E-state index is 13.0. The molecule has 0 unspecified atom stereocenters. The molecule has 25 heavy (non-hydrogen) atoms. The average Bonchev–Trinajstić information content (AvgIpc) is 3.05. The number of aromatic nitrogens is 1. The molecule has 2 aliphatic rings. The van der Waals surface area contributed by atoms with Crippen molar-refractivity contribution in [3.63, 3.8) is 0 Å². The van der Waals surface area contributed by atoms with E-state index in [1.165, 1.54) is 0 Å². The van der Waals surface area contributed by atoms with Gasteiger partial charge in [-0.15, -0.1) is 0 Å². The molecule has 0 saturated carbocycles. The van der Waals surface area contributed by atoms with Gasteiger partial charge in [-0.05, 0) is 25.6 Å². The molecule has 2 atom stereocenters. The fraction of sp³-hybridized carbons (Fsp3) is 0.667. The SMILES string of the molecule is COC[C@@H]1C[C@@H](OC)CN1C(=O)c1ccnc(N2CCN(C)CC2)c1. The molecular weight excluding hydrogens is 320 g/mol. The van der Waals surface area contributed by atoms with Crippen LogP contribution in [0, 0.1) is 0 Å². The van der Waals surface area contributed by atoms with Gasteiger partial charge in [-0.3, -0.25) is 4.79 Å². The van der Waals surface area contributed by atoms with E-state index < -0.39 is 0 Å². The number of nitrogens with zero attached hydrogens (tertiary/aromatic N) is 4. The third-order valence-electron chi connectivity index (χ3n) is 5.15. The van der Waals surface area contributed by atoms with E-state index in [9.17, 15) is 4.79 Å². The van der Waals surface area contributed by atoms with Crippen LogP contribution in [0.4, 0.5) is 5.82 Å². The Balaban J connectivity index is 1.74. The minimum absolute atomic E-state index is 0.0272. The Labute approximate surface area is 149 Å². The predicted molar refractivity (Wildman–Crippen MR) is 96.1 cm³/mol. The molecule has 138 valence electrons. The first kappa shape index (κ1) is 18.1. The van der Waals surface area contributed by atoms with Crippen LogP contribution in [0.1, 0.15) is 16.8 Å². The fourth-order valence-electron chi connectivity index (χ4n) is 3.57. The quantitative estimate of drug-likeness (QED) is 0.781.